The largest absolute Gasteiger partial charge is 0.416 e. The molecule has 1 fully saturated rings. The lowest BCUT2D eigenvalue weighted by Gasteiger charge is -2.25. The maximum atomic E-state index is 12.9. The van der Waals surface area contributed by atoms with Crippen LogP contribution in [0.4, 0.5) is 13.2 Å². The highest BCUT2D eigenvalue weighted by Gasteiger charge is 2.31. The lowest BCUT2D eigenvalue weighted by molar-refractivity contribution is -0.137. The number of hydrogen-bond acceptors (Lipinski definition) is 4. The molecule has 10 heteroatoms. The number of carbonyl (C=O) groups is 1. The van der Waals surface area contributed by atoms with Gasteiger partial charge in [0, 0.05) is 31.1 Å². The average molecular weight is 425 g/mol. The van der Waals surface area contributed by atoms with E-state index in [1.165, 1.54) is 16.4 Å². The van der Waals surface area contributed by atoms with Crippen molar-refractivity contribution >= 4 is 27.7 Å². The van der Waals surface area contributed by atoms with Crippen molar-refractivity contribution in [2.75, 3.05) is 36.9 Å². The van der Waals surface area contributed by atoms with Crippen molar-refractivity contribution in [3.8, 4) is 0 Å². The summed E-state index contributed by atoms with van der Waals surface area (Å²) in [6.45, 7) is 2.55. The second kappa shape index (κ2) is 9.29. The minimum atomic E-state index is -4.48. The lowest BCUT2D eigenvalue weighted by atomic mass is 9.94. The Hall–Kier alpha value is -1.26. The fourth-order valence-electron chi connectivity index (χ4n) is 2.88. The van der Waals surface area contributed by atoms with Crippen molar-refractivity contribution < 1.29 is 26.4 Å². The van der Waals surface area contributed by atoms with Gasteiger partial charge >= 0.3 is 6.18 Å². The van der Waals surface area contributed by atoms with Crippen molar-refractivity contribution in [3.63, 3.8) is 0 Å². The summed E-state index contributed by atoms with van der Waals surface area (Å²) in [5.41, 5.74) is -0.544. The summed E-state index contributed by atoms with van der Waals surface area (Å²) in [6, 6.07) is 4.67. The van der Waals surface area contributed by atoms with Crippen LogP contribution >= 0.6 is 11.8 Å². The zero-order chi connectivity index (χ0) is 20.1. The Morgan fingerprint density at radius 2 is 1.96 bits per heavy atom. The molecule has 1 N–H and O–H groups in total. The summed E-state index contributed by atoms with van der Waals surface area (Å²) in [7, 11) is -3.45. The summed E-state index contributed by atoms with van der Waals surface area (Å²) in [6.07, 6.45) is -4.17. The van der Waals surface area contributed by atoms with Crippen LogP contribution in [0.25, 0.3) is 0 Å². The van der Waals surface area contributed by atoms with Crippen molar-refractivity contribution in [2.45, 2.75) is 25.4 Å². The molecule has 0 bridgehead atoms. The summed E-state index contributed by atoms with van der Waals surface area (Å²) in [4.78, 5) is 12.4. The molecule has 152 valence electrons. The predicted octanol–water partition coefficient (Wildman–Crippen LogP) is 2.69. The number of thioether (sulfide) groups is 1. The second-order valence-electron chi connectivity index (χ2n) is 6.20. The zero-order valence-corrected chi connectivity index (χ0v) is 16.6. The van der Waals surface area contributed by atoms with Crippen LogP contribution in [-0.4, -0.2) is 55.5 Å². The van der Waals surface area contributed by atoms with E-state index in [2.05, 4.69) is 5.32 Å². The maximum absolute atomic E-state index is 12.9. The average Bonchev–Trinajstić information content (AvgIpc) is 2.62. The molecule has 0 saturated carbocycles. The molecule has 1 amide bonds. The van der Waals surface area contributed by atoms with Gasteiger partial charge in [-0.15, -0.1) is 0 Å². The Morgan fingerprint density at radius 3 is 2.56 bits per heavy atom. The van der Waals surface area contributed by atoms with Crippen molar-refractivity contribution in [1.82, 2.24) is 9.62 Å². The number of hydrogen-bond donors (Lipinski definition) is 1. The molecule has 1 aromatic carbocycles. The van der Waals surface area contributed by atoms with Crippen LogP contribution in [0.2, 0.25) is 0 Å². The molecule has 1 aliphatic heterocycles. The third-order valence-electron chi connectivity index (χ3n) is 4.36. The highest BCUT2D eigenvalue weighted by Crippen LogP contribution is 2.31. The third kappa shape index (κ3) is 6.11. The summed E-state index contributed by atoms with van der Waals surface area (Å²) in [5.74, 6) is 0.0446. The number of amides is 1. The Labute approximate surface area is 161 Å². The van der Waals surface area contributed by atoms with E-state index >= 15 is 0 Å². The molecule has 0 aliphatic carbocycles. The molecule has 0 spiro atoms. The van der Waals surface area contributed by atoms with Crippen molar-refractivity contribution in [3.05, 3.63) is 35.4 Å². The lowest BCUT2D eigenvalue weighted by Crippen LogP contribution is -2.42. The first-order chi connectivity index (χ1) is 12.6. The summed E-state index contributed by atoms with van der Waals surface area (Å²) < 4.78 is 64.6. The molecule has 1 saturated heterocycles. The number of sulfonamides is 1. The SMILES string of the molecule is CC[C@@H](C(=O)NCCS(=O)(=O)N1CCSCC1)c1cccc(C(F)(F)F)c1. The molecule has 2 rings (SSSR count). The predicted molar refractivity (Wildman–Crippen MR) is 100 cm³/mol. The molecule has 5 nitrogen and oxygen atoms in total. The Kier molecular flexibility index (Phi) is 7.58. The van der Waals surface area contributed by atoms with E-state index in [-0.39, 0.29) is 17.9 Å². The normalized spacial score (nSPS) is 17.5. The smallest absolute Gasteiger partial charge is 0.354 e. The van der Waals surface area contributed by atoms with E-state index in [0.717, 1.165) is 23.6 Å². The number of nitrogens with zero attached hydrogens (tertiary/aromatic N) is 1. The zero-order valence-electron chi connectivity index (χ0n) is 15.0. The van der Waals surface area contributed by atoms with Gasteiger partial charge in [0.25, 0.3) is 0 Å². The van der Waals surface area contributed by atoms with Gasteiger partial charge in [0.1, 0.15) is 0 Å². The van der Waals surface area contributed by atoms with Crippen LogP contribution in [0, 0.1) is 0 Å². The molecule has 27 heavy (non-hydrogen) atoms. The Bertz CT molecular complexity index is 748. The molecule has 1 aromatic rings. The molecule has 1 heterocycles. The number of rotatable bonds is 7. The van der Waals surface area contributed by atoms with Gasteiger partial charge in [0.15, 0.2) is 0 Å². The van der Waals surface area contributed by atoms with E-state index in [0.29, 0.717) is 19.5 Å². The van der Waals surface area contributed by atoms with Gasteiger partial charge in [-0.2, -0.15) is 24.9 Å². The van der Waals surface area contributed by atoms with Crippen LogP contribution in [0.3, 0.4) is 0 Å². The molecule has 1 atom stereocenters. The second-order valence-corrected chi connectivity index (χ2v) is 9.52. The number of carbonyl (C=O) groups excluding carboxylic acids is 1. The van der Waals surface area contributed by atoms with Gasteiger partial charge < -0.3 is 5.32 Å². The van der Waals surface area contributed by atoms with E-state index in [9.17, 15) is 26.4 Å². The van der Waals surface area contributed by atoms with Gasteiger partial charge in [-0.25, -0.2) is 12.7 Å². The highest BCUT2D eigenvalue weighted by molar-refractivity contribution is 7.99. The molecule has 1 aliphatic rings. The third-order valence-corrected chi connectivity index (χ3v) is 7.18. The molecular formula is C17H23F3N2O3S2. The van der Waals surface area contributed by atoms with Gasteiger partial charge in [-0.05, 0) is 18.1 Å². The minimum Gasteiger partial charge on any atom is -0.354 e. The molecule has 0 unspecified atom stereocenters. The standard InChI is InChI=1S/C17H23F3N2O3S2/c1-2-15(13-4-3-5-14(12-13)17(18,19)20)16(23)21-6-11-27(24,25)22-7-9-26-10-8-22/h3-5,12,15H,2,6-11H2,1H3,(H,21,23)/t15-/m1/s1. The number of alkyl halides is 3. The van der Waals surface area contributed by atoms with Gasteiger partial charge in [-0.1, -0.05) is 25.1 Å². The fourth-order valence-corrected chi connectivity index (χ4v) is 5.38. The first-order valence-electron chi connectivity index (χ1n) is 8.65. The summed E-state index contributed by atoms with van der Waals surface area (Å²) >= 11 is 1.69. The van der Waals surface area contributed by atoms with Crippen LogP contribution in [0.5, 0.6) is 0 Å². The van der Waals surface area contributed by atoms with Crippen LogP contribution < -0.4 is 5.32 Å². The van der Waals surface area contributed by atoms with E-state index in [4.69, 9.17) is 0 Å². The first-order valence-corrected chi connectivity index (χ1v) is 11.4. The molecule has 0 aromatic heterocycles. The van der Waals surface area contributed by atoms with Crippen molar-refractivity contribution in [1.29, 1.82) is 0 Å². The number of halogens is 3. The Balaban J connectivity index is 1.97. The minimum absolute atomic E-state index is 0.0692. The van der Waals surface area contributed by atoms with Crippen LogP contribution in [0.1, 0.15) is 30.4 Å². The van der Waals surface area contributed by atoms with Crippen LogP contribution in [-0.2, 0) is 21.0 Å². The molecular weight excluding hydrogens is 401 g/mol. The topological polar surface area (TPSA) is 66.5 Å². The monoisotopic (exact) mass is 424 g/mol. The van der Waals surface area contributed by atoms with E-state index in [1.54, 1.807) is 18.7 Å². The van der Waals surface area contributed by atoms with Gasteiger partial charge in [0.2, 0.25) is 15.9 Å². The van der Waals surface area contributed by atoms with Gasteiger partial charge in [0.05, 0.1) is 17.2 Å². The number of benzene rings is 1. The Morgan fingerprint density at radius 1 is 1.30 bits per heavy atom. The highest BCUT2D eigenvalue weighted by atomic mass is 32.2. The fraction of sp³-hybridized carbons (Fsp3) is 0.588. The summed E-state index contributed by atoms with van der Waals surface area (Å²) in [5, 5.41) is 2.55. The van der Waals surface area contributed by atoms with Crippen LogP contribution in [0.15, 0.2) is 24.3 Å². The first kappa shape index (κ1) is 22.0. The van der Waals surface area contributed by atoms with Crippen molar-refractivity contribution in [2.24, 2.45) is 0 Å². The quantitative estimate of drug-likeness (QED) is 0.731. The maximum Gasteiger partial charge on any atom is 0.416 e. The molecule has 0 radical (unpaired) electrons. The number of nitrogens with one attached hydrogen (secondary N) is 1. The van der Waals surface area contributed by atoms with E-state index < -0.39 is 33.6 Å². The van der Waals surface area contributed by atoms with E-state index in [1.807, 2.05) is 0 Å². The van der Waals surface area contributed by atoms with Gasteiger partial charge in [-0.3, -0.25) is 4.79 Å².